The van der Waals surface area contributed by atoms with Crippen molar-refractivity contribution in [3.63, 3.8) is 0 Å². The van der Waals surface area contributed by atoms with Crippen molar-refractivity contribution >= 4 is 11.8 Å². The molecule has 2 heterocycles. The van der Waals surface area contributed by atoms with Gasteiger partial charge in [0.15, 0.2) is 0 Å². The number of aromatic nitrogens is 2. The van der Waals surface area contributed by atoms with Crippen LogP contribution in [0.4, 0.5) is 0 Å². The van der Waals surface area contributed by atoms with Crippen molar-refractivity contribution in [3.05, 3.63) is 47.2 Å². The van der Waals surface area contributed by atoms with Gasteiger partial charge in [-0.05, 0) is 17.5 Å². The molecule has 3 rings (SSSR count). The van der Waals surface area contributed by atoms with Crippen LogP contribution in [0, 0.1) is 0 Å². The van der Waals surface area contributed by atoms with Crippen molar-refractivity contribution in [2.24, 2.45) is 7.05 Å². The fourth-order valence-corrected chi connectivity index (χ4v) is 2.85. The summed E-state index contributed by atoms with van der Waals surface area (Å²) in [6, 6.07) is 8.11. The number of carbonyl (C=O) groups is 2. The Morgan fingerprint density at radius 1 is 1.29 bits per heavy atom. The third-order valence-corrected chi connectivity index (χ3v) is 4.12. The van der Waals surface area contributed by atoms with E-state index in [4.69, 9.17) is 4.74 Å². The Morgan fingerprint density at radius 2 is 2.04 bits per heavy atom. The SMILES string of the molecule is COc1nn(C)cc1C(=O)NCC(=O)N1CCc2ccccc2C1. The van der Waals surface area contributed by atoms with E-state index < -0.39 is 0 Å². The lowest BCUT2D eigenvalue weighted by Crippen LogP contribution is -2.42. The molecule has 126 valence electrons. The summed E-state index contributed by atoms with van der Waals surface area (Å²) in [7, 11) is 3.16. The lowest BCUT2D eigenvalue weighted by Gasteiger charge is -2.28. The van der Waals surface area contributed by atoms with Crippen LogP contribution in [0.2, 0.25) is 0 Å². The first kappa shape index (κ1) is 16.0. The quantitative estimate of drug-likeness (QED) is 0.898. The van der Waals surface area contributed by atoms with Crippen molar-refractivity contribution < 1.29 is 14.3 Å². The summed E-state index contributed by atoms with van der Waals surface area (Å²) in [5.41, 5.74) is 2.76. The molecule has 7 nitrogen and oxygen atoms in total. The van der Waals surface area contributed by atoms with Crippen LogP contribution in [-0.4, -0.2) is 46.7 Å². The van der Waals surface area contributed by atoms with Crippen LogP contribution in [0.1, 0.15) is 21.5 Å². The summed E-state index contributed by atoms with van der Waals surface area (Å²) >= 11 is 0. The number of hydrogen-bond donors (Lipinski definition) is 1. The number of fused-ring (bicyclic) bond motifs is 1. The fraction of sp³-hybridized carbons (Fsp3) is 0.353. The molecule has 0 fully saturated rings. The Morgan fingerprint density at radius 3 is 2.79 bits per heavy atom. The number of carbonyl (C=O) groups excluding carboxylic acids is 2. The van der Waals surface area contributed by atoms with Crippen molar-refractivity contribution in [1.29, 1.82) is 0 Å². The van der Waals surface area contributed by atoms with E-state index in [0.29, 0.717) is 18.7 Å². The maximum atomic E-state index is 12.4. The van der Waals surface area contributed by atoms with Crippen LogP contribution in [-0.2, 0) is 24.8 Å². The largest absolute Gasteiger partial charge is 0.479 e. The zero-order valence-electron chi connectivity index (χ0n) is 13.8. The minimum absolute atomic E-state index is 0.0426. The van der Waals surface area contributed by atoms with Crippen molar-refractivity contribution in [3.8, 4) is 5.88 Å². The molecule has 0 bridgehead atoms. The molecule has 0 aliphatic carbocycles. The van der Waals surface area contributed by atoms with Gasteiger partial charge in [0.2, 0.25) is 11.8 Å². The van der Waals surface area contributed by atoms with Crippen LogP contribution in [0.25, 0.3) is 0 Å². The summed E-state index contributed by atoms with van der Waals surface area (Å²) in [5, 5.41) is 6.68. The van der Waals surface area contributed by atoms with E-state index in [9.17, 15) is 9.59 Å². The molecule has 24 heavy (non-hydrogen) atoms. The average Bonchev–Trinajstić information content (AvgIpc) is 3.00. The van der Waals surface area contributed by atoms with Crippen LogP contribution in [0.3, 0.4) is 0 Å². The molecule has 0 spiro atoms. The monoisotopic (exact) mass is 328 g/mol. The minimum Gasteiger partial charge on any atom is -0.479 e. The second kappa shape index (κ2) is 6.74. The lowest BCUT2D eigenvalue weighted by molar-refractivity contribution is -0.131. The van der Waals surface area contributed by atoms with E-state index in [1.54, 1.807) is 18.1 Å². The predicted molar refractivity (Wildman–Crippen MR) is 87.7 cm³/mol. The molecule has 2 aromatic rings. The predicted octanol–water partition coefficient (Wildman–Crippen LogP) is 0.743. The maximum Gasteiger partial charge on any atom is 0.258 e. The number of hydrogen-bond acceptors (Lipinski definition) is 4. The summed E-state index contributed by atoms with van der Waals surface area (Å²) in [6.45, 7) is 1.21. The zero-order valence-corrected chi connectivity index (χ0v) is 13.8. The Labute approximate surface area is 140 Å². The van der Waals surface area contributed by atoms with Crippen molar-refractivity contribution in [2.75, 3.05) is 20.2 Å². The molecule has 0 radical (unpaired) electrons. The van der Waals surface area contributed by atoms with Gasteiger partial charge < -0.3 is 15.0 Å². The van der Waals surface area contributed by atoms with E-state index in [1.807, 2.05) is 18.2 Å². The highest BCUT2D eigenvalue weighted by Gasteiger charge is 2.22. The molecule has 1 aromatic carbocycles. The number of rotatable bonds is 4. The van der Waals surface area contributed by atoms with Crippen LogP contribution < -0.4 is 10.1 Å². The average molecular weight is 328 g/mol. The smallest absolute Gasteiger partial charge is 0.258 e. The van der Waals surface area contributed by atoms with Crippen molar-refractivity contribution in [1.82, 2.24) is 20.0 Å². The second-order valence-electron chi connectivity index (χ2n) is 5.74. The summed E-state index contributed by atoms with van der Waals surface area (Å²) in [6.07, 6.45) is 2.40. The first-order valence-electron chi connectivity index (χ1n) is 7.79. The number of nitrogens with one attached hydrogen (secondary N) is 1. The van der Waals surface area contributed by atoms with Gasteiger partial charge in [0.1, 0.15) is 5.56 Å². The van der Waals surface area contributed by atoms with Gasteiger partial charge >= 0.3 is 0 Å². The number of amides is 2. The highest BCUT2D eigenvalue weighted by atomic mass is 16.5. The Hall–Kier alpha value is -2.83. The van der Waals surface area contributed by atoms with Gasteiger partial charge in [-0.25, -0.2) is 0 Å². The van der Waals surface area contributed by atoms with Gasteiger partial charge in [0.25, 0.3) is 5.91 Å². The number of benzene rings is 1. The number of aryl methyl sites for hydroxylation is 1. The molecule has 2 amide bonds. The van der Waals surface area contributed by atoms with E-state index in [2.05, 4.69) is 16.5 Å². The Kier molecular flexibility index (Phi) is 4.50. The molecular weight excluding hydrogens is 308 g/mol. The minimum atomic E-state index is -0.370. The first-order chi connectivity index (χ1) is 11.6. The molecule has 1 aromatic heterocycles. The molecular formula is C17H20N4O3. The maximum absolute atomic E-state index is 12.4. The van der Waals surface area contributed by atoms with E-state index in [-0.39, 0.29) is 24.2 Å². The van der Waals surface area contributed by atoms with Gasteiger partial charge in [-0.15, -0.1) is 5.10 Å². The van der Waals surface area contributed by atoms with Gasteiger partial charge in [0.05, 0.1) is 13.7 Å². The zero-order chi connectivity index (χ0) is 17.1. The summed E-state index contributed by atoms with van der Waals surface area (Å²) in [5.74, 6) is -0.222. The van der Waals surface area contributed by atoms with Crippen LogP contribution in [0.15, 0.2) is 30.5 Å². The topological polar surface area (TPSA) is 76.5 Å². The second-order valence-corrected chi connectivity index (χ2v) is 5.74. The van der Waals surface area contributed by atoms with Crippen molar-refractivity contribution in [2.45, 2.75) is 13.0 Å². The number of methoxy groups -OCH3 is 1. The first-order valence-corrected chi connectivity index (χ1v) is 7.79. The van der Waals surface area contributed by atoms with Crippen LogP contribution >= 0.6 is 0 Å². The molecule has 1 aliphatic rings. The normalized spacial score (nSPS) is 13.3. The summed E-state index contributed by atoms with van der Waals surface area (Å²) in [4.78, 5) is 26.3. The molecule has 1 aliphatic heterocycles. The molecule has 0 saturated carbocycles. The summed E-state index contributed by atoms with van der Waals surface area (Å²) < 4.78 is 6.56. The third-order valence-electron chi connectivity index (χ3n) is 4.12. The Bertz CT molecular complexity index is 769. The van der Waals surface area contributed by atoms with E-state index in [1.165, 1.54) is 17.4 Å². The molecule has 7 heteroatoms. The van der Waals surface area contributed by atoms with Gasteiger partial charge in [0, 0.05) is 26.3 Å². The van der Waals surface area contributed by atoms with Crippen LogP contribution in [0.5, 0.6) is 5.88 Å². The highest BCUT2D eigenvalue weighted by Crippen LogP contribution is 2.18. The number of ether oxygens (including phenoxy) is 1. The molecule has 1 N–H and O–H groups in total. The highest BCUT2D eigenvalue weighted by molar-refractivity contribution is 5.98. The van der Waals surface area contributed by atoms with Gasteiger partial charge in [-0.3, -0.25) is 14.3 Å². The fourth-order valence-electron chi connectivity index (χ4n) is 2.85. The lowest BCUT2D eigenvalue weighted by atomic mass is 10.00. The Balaban J connectivity index is 1.59. The van der Waals surface area contributed by atoms with Gasteiger partial charge in [-0.2, -0.15) is 0 Å². The molecule has 0 saturated heterocycles. The molecule has 0 atom stereocenters. The van der Waals surface area contributed by atoms with Gasteiger partial charge in [-0.1, -0.05) is 24.3 Å². The van der Waals surface area contributed by atoms with E-state index in [0.717, 1.165) is 12.0 Å². The molecule has 0 unspecified atom stereocenters. The van der Waals surface area contributed by atoms with E-state index >= 15 is 0 Å². The third kappa shape index (κ3) is 3.24. The standard InChI is InChI=1S/C17H20N4O3/c1-20-11-14(17(19-20)24-2)16(23)18-9-15(22)21-8-7-12-5-3-4-6-13(12)10-21/h3-6,11H,7-10H2,1-2H3,(H,18,23). The number of nitrogens with zero attached hydrogens (tertiary/aromatic N) is 3.